The number of allylic oxidation sites excluding steroid dienone is 24. The molecule has 0 radical (unpaired) electrons. The Balaban J connectivity index is 4.42. The van der Waals surface area contributed by atoms with Gasteiger partial charge < -0.3 is 34.2 Å². The number of carbonyl (C=O) groups excluding carboxylic acids is 3. The Morgan fingerprint density at radius 3 is 0.810 bits per heavy atom. The molecule has 0 heterocycles. The summed E-state index contributed by atoms with van der Waals surface area (Å²) in [5.74, 6) is -1.63. The van der Waals surface area contributed by atoms with Crippen LogP contribution in [0.3, 0.4) is 0 Å². The molecule has 0 fully saturated rings. The van der Waals surface area contributed by atoms with Crippen LogP contribution in [0.5, 0.6) is 0 Å². The lowest BCUT2D eigenvalue weighted by Crippen LogP contribution is -2.30. The number of aliphatic hydroxyl groups is 2. The first-order chi connectivity index (χ1) is 51.2. The fourth-order valence-electron chi connectivity index (χ4n) is 10.8. The smallest absolute Gasteiger partial charge is 0.463 e. The molecule has 0 aromatic rings. The van der Waals surface area contributed by atoms with E-state index in [1.165, 1.54) is 122 Å². The predicted octanol–water partition coefficient (Wildman–Crippen LogP) is 24.4. The van der Waals surface area contributed by atoms with Crippen molar-refractivity contribution in [3.05, 3.63) is 146 Å². The van der Waals surface area contributed by atoms with Gasteiger partial charge in [-0.3, -0.25) is 32.5 Å². The van der Waals surface area contributed by atoms with Gasteiger partial charge in [-0.15, -0.1) is 0 Å². The molecule has 105 heavy (non-hydrogen) atoms. The van der Waals surface area contributed by atoms with Crippen molar-refractivity contribution in [2.45, 2.75) is 347 Å². The van der Waals surface area contributed by atoms with Crippen molar-refractivity contribution in [1.29, 1.82) is 0 Å². The van der Waals surface area contributed by atoms with Gasteiger partial charge >= 0.3 is 33.6 Å². The Kier molecular flexibility index (Phi) is 75.6. The average molecular weight is 1510 g/mol. The summed E-state index contributed by atoms with van der Waals surface area (Å²) in [6.07, 6.45) is 97.8. The Hall–Kier alpha value is -4.57. The molecular formula is C87H148O16P2. The van der Waals surface area contributed by atoms with E-state index in [2.05, 4.69) is 167 Å². The summed E-state index contributed by atoms with van der Waals surface area (Å²) in [6.45, 7) is 2.38. The van der Waals surface area contributed by atoms with Gasteiger partial charge in [0.15, 0.2) is 6.10 Å². The highest BCUT2D eigenvalue weighted by Crippen LogP contribution is 2.45. The number of ether oxygens (including phenoxy) is 3. The molecule has 0 bridgehead atoms. The van der Waals surface area contributed by atoms with E-state index in [-0.39, 0.29) is 19.3 Å². The molecule has 18 heteroatoms. The first-order valence-electron chi connectivity index (χ1n) is 41.1. The second-order valence-corrected chi connectivity index (χ2v) is 30.1. The Morgan fingerprint density at radius 1 is 0.276 bits per heavy atom. The molecule has 0 aromatic carbocycles. The van der Waals surface area contributed by atoms with Crippen molar-refractivity contribution < 1.29 is 75.8 Å². The number of phosphoric acid groups is 2. The van der Waals surface area contributed by atoms with Crippen molar-refractivity contribution in [1.82, 2.24) is 0 Å². The lowest BCUT2D eigenvalue weighted by Gasteiger charge is -2.21. The summed E-state index contributed by atoms with van der Waals surface area (Å²) in [6, 6.07) is 0. The number of hydrogen-bond acceptors (Lipinski definition) is 14. The van der Waals surface area contributed by atoms with Crippen LogP contribution in [0.2, 0.25) is 0 Å². The molecule has 602 valence electrons. The van der Waals surface area contributed by atoms with Crippen LogP contribution in [0.4, 0.5) is 0 Å². The molecule has 0 saturated carbocycles. The largest absolute Gasteiger partial charge is 0.472 e. The van der Waals surface area contributed by atoms with Crippen LogP contribution in [-0.2, 0) is 55.8 Å². The highest BCUT2D eigenvalue weighted by atomic mass is 31.2. The molecule has 0 aliphatic rings. The Morgan fingerprint density at radius 2 is 0.505 bits per heavy atom. The number of esters is 3. The summed E-state index contributed by atoms with van der Waals surface area (Å²) in [5, 5.41) is 20.7. The summed E-state index contributed by atoms with van der Waals surface area (Å²) in [5.41, 5.74) is 0. The van der Waals surface area contributed by atoms with E-state index in [1.807, 2.05) is 0 Å². The number of rotatable bonds is 77. The molecule has 0 spiro atoms. The fraction of sp³-hybridized carbons (Fsp3) is 0.690. The Labute approximate surface area is 638 Å². The standard InChI is InChI=1S/C87H148O16P2/c1-4-7-10-13-16-19-22-25-28-30-32-33-34-35-36-37-38-39-40-41-42-43-44-45-46-47-49-51-53-55-58-61-64-67-70-73-85(90)97-76-82(88)77-99-104(93,94)100-78-83(89)79-101-105(95,96)102-81-84(103-87(92)75-72-69-66-63-60-57-52-27-24-21-18-15-12-9-6-3)80-98-86(91)74-71-68-65-62-59-56-54-50-48-31-29-26-23-20-17-14-11-8-5-2/h7-8,10-11,16-21,25-29,32-33,35-36,48,50,52,56,59,82-84,88-89H,4-6,9,12-15,22-24,30-31,34,37-47,49,51,53-55,57-58,60-81H2,1-3H3,(H,93,94)(H,95,96)/b10-7-,11-8-,19-16-,20-17-,21-18-,28-25-,29-26-,33-32-,36-35-,50-48-,52-27-,59-56-. The summed E-state index contributed by atoms with van der Waals surface area (Å²) < 4.78 is 61.1. The van der Waals surface area contributed by atoms with Gasteiger partial charge in [0, 0.05) is 19.3 Å². The third-order valence-corrected chi connectivity index (χ3v) is 18.9. The number of hydrogen-bond donors (Lipinski definition) is 4. The van der Waals surface area contributed by atoms with E-state index in [0.29, 0.717) is 19.3 Å². The van der Waals surface area contributed by atoms with Crippen molar-refractivity contribution in [2.24, 2.45) is 0 Å². The number of carbonyl (C=O) groups is 3. The van der Waals surface area contributed by atoms with Gasteiger partial charge in [0.2, 0.25) is 0 Å². The topological polar surface area (TPSA) is 231 Å². The van der Waals surface area contributed by atoms with E-state index in [4.69, 9.17) is 32.3 Å². The van der Waals surface area contributed by atoms with E-state index in [0.717, 1.165) is 148 Å². The molecule has 4 N–H and O–H groups in total. The second-order valence-electron chi connectivity index (χ2n) is 27.2. The van der Waals surface area contributed by atoms with Crippen LogP contribution < -0.4 is 0 Å². The molecule has 0 aliphatic heterocycles. The van der Waals surface area contributed by atoms with Gasteiger partial charge in [-0.05, 0) is 141 Å². The van der Waals surface area contributed by atoms with E-state index >= 15 is 0 Å². The predicted molar refractivity (Wildman–Crippen MR) is 436 cm³/mol. The molecule has 16 nitrogen and oxygen atoms in total. The quantitative estimate of drug-likeness (QED) is 0.0146. The van der Waals surface area contributed by atoms with Crippen LogP contribution in [-0.4, -0.2) is 95.9 Å². The van der Waals surface area contributed by atoms with Crippen molar-refractivity contribution in [3.63, 3.8) is 0 Å². The number of unbranched alkanes of at least 4 members (excludes halogenated alkanes) is 30. The van der Waals surface area contributed by atoms with Gasteiger partial charge in [0.25, 0.3) is 0 Å². The first kappa shape index (κ1) is 100. The van der Waals surface area contributed by atoms with Crippen molar-refractivity contribution >= 4 is 33.6 Å². The number of aliphatic hydroxyl groups excluding tert-OH is 2. The van der Waals surface area contributed by atoms with Gasteiger partial charge in [-0.25, -0.2) is 9.13 Å². The van der Waals surface area contributed by atoms with E-state index in [1.54, 1.807) is 0 Å². The maximum absolute atomic E-state index is 13.0. The monoisotopic (exact) mass is 1510 g/mol. The number of phosphoric ester groups is 2. The molecule has 5 unspecified atom stereocenters. The highest BCUT2D eigenvalue weighted by Gasteiger charge is 2.29. The van der Waals surface area contributed by atoms with Crippen molar-refractivity contribution in [2.75, 3.05) is 39.6 Å². The van der Waals surface area contributed by atoms with Crippen LogP contribution in [0, 0.1) is 0 Å². The van der Waals surface area contributed by atoms with Crippen LogP contribution >= 0.6 is 15.6 Å². The molecular weight excluding hydrogens is 1360 g/mol. The van der Waals surface area contributed by atoms with E-state index < -0.39 is 91.5 Å². The third kappa shape index (κ3) is 80.3. The van der Waals surface area contributed by atoms with Crippen LogP contribution in [0.15, 0.2) is 146 Å². The highest BCUT2D eigenvalue weighted by molar-refractivity contribution is 7.47. The average Bonchev–Trinajstić information content (AvgIpc) is 0.942. The van der Waals surface area contributed by atoms with Crippen molar-refractivity contribution in [3.8, 4) is 0 Å². The molecule has 0 amide bonds. The molecule has 0 aromatic heterocycles. The lowest BCUT2D eigenvalue weighted by atomic mass is 10.0. The van der Waals surface area contributed by atoms with E-state index in [9.17, 15) is 43.5 Å². The third-order valence-electron chi connectivity index (χ3n) is 17.0. The zero-order chi connectivity index (χ0) is 76.6. The Bertz CT molecular complexity index is 2490. The maximum atomic E-state index is 13.0. The SMILES string of the molecule is CC/C=C\C/C=C\C/C=C\C/C=C\C/C=C\CCCCCCCCCCCCCCCCCCCCCC(=O)OCC(O)COP(=O)(O)OCC(O)COP(=O)(O)OCC(COC(=O)CCCCC/C=C\C/C=C\C/C=C\C/C=C\C/C=C\CC)OC(=O)CCCCCCC/C=C\C/C=C\CCCCC. The van der Waals surface area contributed by atoms with Crippen LogP contribution in [0.1, 0.15) is 329 Å². The van der Waals surface area contributed by atoms with Gasteiger partial charge in [-0.2, -0.15) is 0 Å². The fourth-order valence-corrected chi connectivity index (χ4v) is 12.4. The minimum Gasteiger partial charge on any atom is -0.463 e. The normalized spacial score (nSPS) is 14.7. The minimum absolute atomic E-state index is 0.0781. The second kappa shape index (κ2) is 79.0. The zero-order valence-corrected chi connectivity index (χ0v) is 67.6. The summed E-state index contributed by atoms with van der Waals surface area (Å²) in [7, 11) is -9.81. The molecule has 0 saturated heterocycles. The maximum Gasteiger partial charge on any atom is 0.472 e. The lowest BCUT2D eigenvalue weighted by molar-refractivity contribution is -0.161. The van der Waals surface area contributed by atoms with Gasteiger partial charge in [-0.1, -0.05) is 314 Å². The molecule has 0 rings (SSSR count). The first-order valence-corrected chi connectivity index (χ1v) is 44.1. The van der Waals surface area contributed by atoms with Gasteiger partial charge in [0.05, 0.1) is 26.4 Å². The minimum atomic E-state index is -4.94. The van der Waals surface area contributed by atoms with Gasteiger partial charge in [0.1, 0.15) is 25.4 Å². The van der Waals surface area contributed by atoms with Crippen LogP contribution in [0.25, 0.3) is 0 Å². The molecule has 5 atom stereocenters. The zero-order valence-electron chi connectivity index (χ0n) is 65.9. The summed E-state index contributed by atoms with van der Waals surface area (Å²) >= 11 is 0. The molecule has 0 aliphatic carbocycles. The summed E-state index contributed by atoms with van der Waals surface area (Å²) in [4.78, 5) is 58.6.